The Kier molecular flexibility index (Phi) is 5.35. The molecule has 0 spiro atoms. The second kappa shape index (κ2) is 8.38. The first-order chi connectivity index (χ1) is 16.7. The average molecular weight is 480 g/mol. The number of hydrogen-bond donors (Lipinski definition) is 2. The molecule has 0 aliphatic carbocycles. The minimum Gasteiger partial charge on any atom is -0.368 e. The summed E-state index contributed by atoms with van der Waals surface area (Å²) in [5.41, 5.74) is 9.36. The Morgan fingerprint density at radius 3 is 2.51 bits per heavy atom. The largest absolute Gasteiger partial charge is 0.406 e. The maximum Gasteiger partial charge on any atom is 0.406 e. The highest BCUT2D eigenvalue weighted by Crippen LogP contribution is 2.30. The van der Waals surface area contributed by atoms with Crippen LogP contribution in [0.5, 0.6) is 0 Å². The van der Waals surface area contributed by atoms with Gasteiger partial charge in [0, 0.05) is 42.2 Å². The number of amides is 1. The van der Waals surface area contributed by atoms with Crippen molar-refractivity contribution in [1.29, 1.82) is 0 Å². The summed E-state index contributed by atoms with van der Waals surface area (Å²) in [6.45, 7) is -1.39. The number of nitrogen functional groups attached to an aromatic ring is 1. The zero-order valence-corrected chi connectivity index (χ0v) is 18.4. The molecule has 0 bridgehead atoms. The van der Waals surface area contributed by atoms with Crippen molar-refractivity contribution in [3.05, 3.63) is 65.9 Å². The van der Waals surface area contributed by atoms with Crippen LogP contribution in [0.1, 0.15) is 15.9 Å². The molecule has 1 aliphatic rings. The van der Waals surface area contributed by atoms with E-state index in [2.05, 4.69) is 25.4 Å². The lowest BCUT2D eigenvalue weighted by Gasteiger charge is -2.17. The molecule has 0 fully saturated rings. The van der Waals surface area contributed by atoms with Gasteiger partial charge in [-0.05, 0) is 35.9 Å². The van der Waals surface area contributed by atoms with Gasteiger partial charge in [-0.2, -0.15) is 18.2 Å². The van der Waals surface area contributed by atoms with Crippen LogP contribution in [0.25, 0.3) is 22.6 Å². The van der Waals surface area contributed by atoms with Crippen molar-refractivity contribution < 1.29 is 18.0 Å². The van der Waals surface area contributed by atoms with Crippen molar-refractivity contribution >= 4 is 23.5 Å². The van der Waals surface area contributed by atoms with Crippen LogP contribution in [0.4, 0.5) is 30.8 Å². The highest BCUT2D eigenvalue weighted by Gasteiger charge is 2.37. The molecular formula is C23H19F3N8O. The van der Waals surface area contributed by atoms with Crippen molar-refractivity contribution in [2.24, 2.45) is 7.05 Å². The van der Waals surface area contributed by atoms with E-state index < -0.39 is 18.6 Å². The standard InChI is InChI=1S/C23H19F3N8O/c1-33-22(29-16-5-2-13(3-6-16)18-8-9-28-21(27)30-18)31-19(32-33)14-4-7-17-15(10-14)11-34(20(17)35)12-23(24,25)26/h2-10H,11-12H2,1H3,(H2,27,28,30)(H,29,31,32). The summed E-state index contributed by atoms with van der Waals surface area (Å²) in [6, 6.07) is 14.1. The predicted octanol–water partition coefficient (Wildman–Crippen LogP) is 3.78. The van der Waals surface area contributed by atoms with Gasteiger partial charge in [0.15, 0.2) is 5.82 Å². The third-order valence-corrected chi connectivity index (χ3v) is 5.49. The lowest BCUT2D eigenvalue weighted by molar-refractivity contribution is -0.140. The fourth-order valence-corrected chi connectivity index (χ4v) is 3.87. The van der Waals surface area contributed by atoms with Crippen molar-refractivity contribution in [1.82, 2.24) is 29.6 Å². The zero-order valence-electron chi connectivity index (χ0n) is 18.4. The monoisotopic (exact) mass is 480 g/mol. The Hall–Kier alpha value is -4.48. The first kappa shape index (κ1) is 22.3. The van der Waals surface area contributed by atoms with E-state index >= 15 is 0 Å². The second-order valence-electron chi connectivity index (χ2n) is 8.03. The number of aryl methyl sites for hydroxylation is 1. The number of alkyl halides is 3. The fourth-order valence-electron chi connectivity index (χ4n) is 3.87. The number of anilines is 3. The van der Waals surface area contributed by atoms with Gasteiger partial charge in [-0.15, -0.1) is 5.10 Å². The highest BCUT2D eigenvalue weighted by atomic mass is 19.4. The average Bonchev–Trinajstić information content (AvgIpc) is 3.32. The number of fused-ring (bicyclic) bond motifs is 1. The third-order valence-electron chi connectivity index (χ3n) is 5.49. The van der Waals surface area contributed by atoms with Gasteiger partial charge >= 0.3 is 6.18 Å². The molecule has 178 valence electrons. The van der Waals surface area contributed by atoms with Crippen molar-refractivity contribution in [2.75, 3.05) is 17.6 Å². The van der Waals surface area contributed by atoms with E-state index in [4.69, 9.17) is 5.73 Å². The Labute approximate surface area is 197 Å². The minimum atomic E-state index is -4.45. The van der Waals surface area contributed by atoms with Gasteiger partial charge in [0.1, 0.15) is 6.54 Å². The topological polar surface area (TPSA) is 115 Å². The number of aromatic nitrogens is 5. The molecule has 0 radical (unpaired) electrons. The van der Waals surface area contributed by atoms with Crippen LogP contribution in [0.2, 0.25) is 0 Å². The van der Waals surface area contributed by atoms with Crippen LogP contribution in [-0.2, 0) is 13.6 Å². The number of nitrogens with zero attached hydrogens (tertiary/aromatic N) is 6. The van der Waals surface area contributed by atoms with Crippen molar-refractivity contribution in [2.45, 2.75) is 12.7 Å². The number of benzene rings is 2. The first-order valence-electron chi connectivity index (χ1n) is 10.5. The zero-order chi connectivity index (χ0) is 24.7. The second-order valence-corrected chi connectivity index (χ2v) is 8.03. The van der Waals surface area contributed by atoms with E-state index in [-0.39, 0.29) is 18.1 Å². The van der Waals surface area contributed by atoms with Crippen molar-refractivity contribution in [3.63, 3.8) is 0 Å². The molecule has 35 heavy (non-hydrogen) atoms. The Morgan fingerprint density at radius 1 is 1.06 bits per heavy atom. The number of carbonyl (C=O) groups is 1. The smallest absolute Gasteiger partial charge is 0.368 e. The molecule has 12 heteroatoms. The predicted molar refractivity (Wildman–Crippen MR) is 122 cm³/mol. The van der Waals surface area contributed by atoms with E-state index in [1.54, 1.807) is 36.1 Å². The van der Waals surface area contributed by atoms with Gasteiger partial charge in [0.25, 0.3) is 5.91 Å². The quantitative estimate of drug-likeness (QED) is 0.447. The van der Waals surface area contributed by atoms with Gasteiger partial charge in [-0.3, -0.25) is 4.79 Å². The summed E-state index contributed by atoms with van der Waals surface area (Å²) in [4.78, 5) is 25.7. The van der Waals surface area contributed by atoms with E-state index in [1.807, 2.05) is 24.3 Å². The number of nitrogens with one attached hydrogen (secondary N) is 1. The van der Waals surface area contributed by atoms with E-state index in [0.29, 0.717) is 28.6 Å². The molecule has 5 rings (SSSR count). The van der Waals surface area contributed by atoms with Crippen LogP contribution in [0, 0.1) is 0 Å². The number of rotatable bonds is 5. The molecule has 0 atom stereocenters. The molecule has 3 N–H and O–H groups in total. The molecule has 4 aromatic rings. The van der Waals surface area contributed by atoms with Crippen LogP contribution in [0.15, 0.2) is 54.7 Å². The van der Waals surface area contributed by atoms with Gasteiger partial charge in [-0.25, -0.2) is 14.6 Å². The van der Waals surface area contributed by atoms with Crippen LogP contribution < -0.4 is 11.1 Å². The maximum atomic E-state index is 12.8. The third kappa shape index (κ3) is 4.63. The molecule has 3 heterocycles. The maximum absolute atomic E-state index is 12.8. The van der Waals surface area contributed by atoms with Gasteiger partial charge in [0.2, 0.25) is 11.9 Å². The Bertz CT molecular complexity index is 1420. The molecule has 0 unspecified atom stereocenters. The normalized spacial score (nSPS) is 13.3. The molecule has 9 nitrogen and oxygen atoms in total. The van der Waals surface area contributed by atoms with Crippen LogP contribution >= 0.6 is 0 Å². The number of nitrogens with two attached hydrogens (primary N) is 1. The van der Waals surface area contributed by atoms with Gasteiger partial charge in [0.05, 0.1) is 5.69 Å². The molecule has 1 amide bonds. The fraction of sp³-hybridized carbons (Fsp3) is 0.174. The molecule has 2 aromatic carbocycles. The van der Waals surface area contributed by atoms with Gasteiger partial charge < -0.3 is 16.0 Å². The molecular weight excluding hydrogens is 461 g/mol. The SMILES string of the molecule is Cn1nc(-c2ccc3c(c2)CN(CC(F)(F)F)C3=O)nc1Nc1ccc(-c2ccnc(N)n2)cc1. The molecule has 1 aliphatic heterocycles. The van der Waals surface area contributed by atoms with Gasteiger partial charge in [-0.1, -0.05) is 18.2 Å². The lowest BCUT2D eigenvalue weighted by atomic mass is 10.1. The Balaban J connectivity index is 1.34. The summed E-state index contributed by atoms with van der Waals surface area (Å²) in [7, 11) is 1.72. The summed E-state index contributed by atoms with van der Waals surface area (Å²) < 4.78 is 39.9. The van der Waals surface area contributed by atoms with Crippen LogP contribution in [-0.4, -0.2) is 48.3 Å². The van der Waals surface area contributed by atoms with Crippen molar-refractivity contribution in [3.8, 4) is 22.6 Å². The number of hydrogen-bond acceptors (Lipinski definition) is 7. The van der Waals surface area contributed by atoms with Crippen LogP contribution in [0.3, 0.4) is 0 Å². The lowest BCUT2D eigenvalue weighted by Crippen LogP contribution is -2.34. The van der Waals surface area contributed by atoms with E-state index in [9.17, 15) is 18.0 Å². The molecule has 2 aromatic heterocycles. The summed E-state index contributed by atoms with van der Waals surface area (Å²) in [6.07, 6.45) is -2.86. The highest BCUT2D eigenvalue weighted by molar-refractivity contribution is 5.99. The first-order valence-corrected chi connectivity index (χ1v) is 10.5. The summed E-state index contributed by atoms with van der Waals surface area (Å²) in [5.74, 6) is 0.413. The molecule has 0 saturated carbocycles. The number of carbonyl (C=O) groups excluding carboxylic acids is 1. The molecule has 0 saturated heterocycles. The Morgan fingerprint density at radius 2 is 1.80 bits per heavy atom. The van der Waals surface area contributed by atoms with E-state index in [0.717, 1.165) is 16.2 Å². The summed E-state index contributed by atoms with van der Waals surface area (Å²) in [5, 5.41) is 7.60. The minimum absolute atomic E-state index is 0.107. The van der Waals surface area contributed by atoms with E-state index in [1.165, 1.54) is 6.07 Å². The summed E-state index contributed by atoms with van der Waals surface area (Å²) >= 11 is 0. The number of halogens is 3.